The monoisotopic (exact) mass is 369 g/mol. The summed E-state index contributed by atoms with van der Waals surface area (Å²) in [6, 6.07) is 2.60. The topological polar surface area (TPSA) is 59.3 Å². The third kappa shape index (κ3) is 2.08. The fourth-order valence-electron chi connectivity index (χ4n) is 7.83. The first kappa shape index (κ1) is 17.9. The van der Waals surface area contributed by atoms with Crippen LogP contribution >= 0.6 is 0 Å². The van der Waals surface area contributed by atoms with Gasteiger partial charge >= 0.3 is 0 Å². The van der Waals surface area contributed by atoms with Gasteiger partial charge in [0.05, 0.1) is 0 Å². The summed E-state index contributed by atoms with van der Waals surface area (Å²) in [6.45, 7) is 8.56. The molecule has 0 spiro atoms. The lowest BCUT2D eigenvalue weighted by Crippen LogP contribution is -2.56. The van der Waals surface area contributed by atoms with E-state index in [0.29, 0.717) is 30.0 Å². The largest absolute Gasteiger partial charge is 0.343 e. The minimum atomic E-state index is -0.814. The van der Waals surface area contributed by atoms with E-state index in [4.69, 9.17) is 9.47 Å². The molecule has 4 aliphatic carbocycles. The summed E-state index contributed by atoms with van der Waals surface area (Å²) in [7, 11) is 0. The van der Waals surface area contributed by atoms with Crippen molar-refractivity contribution in [3.8, 4) is 6.07 Å². The summed E-state index contributed by atoms with van der Waals surface area (Å²) in [5.41, 5.74) is 0.594. The van der Waals surface area contributed by atoms with Crippen LogP contribution in [0.5, 0.6) is 0 Å². The third-order valence-corrected chi connectivity index (χ3v) is 9.12. The van der Waals surface area contributed by atoms with Gasteiger partial charge in [0.1, 0.15) is 12.2 Å². The molecule has 7 atom stereocenters. The fraction of sp³-hybridized carbons (Fsp3) is 0.826. The zero-order valence-corrected chi connectivity index (χ0v) is 17.0. The minimum absolute atomic E-state index is 0.121. The first-order valence-electron chi connectivity index (χ1n) is 10.7. The van der Waals surface area contributed by atoms with Crippen molar-refractivity contribution in [1.29, 1.82) is 5.26 Å². The number of carbonyl (C=O) groups excluding carboxylic acids is 1. The van der Waals surface area contributed by atoms with Gasteiger partial charge in [-0.25, -0.2) is 0 Å². The molecule has 0 aromatic carbocycles. The molecule has 4 heteroatoms. The number of ether oxygens (including phenoxy) is 2. The average Bonchev–Trinajstić information content (AvgIpc) is 3.01. The van der Waals surface area contributed by atoms with E-state index >= 15 is 0 Å². The van der Waals surface area contributed by atoms with Crippen LogP contribution in [0.25, 0.3) is 0 Å². The second-order valence-corrected chi connectivity index (χ2v) is 10.6. The summed E-state index contributed by atoms with van der Waals surface area (Å²) < 4.78 is 12.6. The van der Waals surface area contributed by atoms with Crippen LogP contribution < -0.4 is 0 Å². The lowest BCUT2D eigenvalue weighted by atomic mass is 9.46. The summed E-state index contributed by atoms with van der Waals surface area (Å²) in [4.78, 5) is 12.0. The van der Waals surface area contributed by atoms with Gasteiger partial charge in [0.25, 0.3) is 0 Å². The molecule has 1 aliphatic heterocycles. The maximum atomic E-state index is 12.0. The molecule has 0 radical (unpaired) electrons. The Kier molecular flexibility index (Phi) is 3.47. The van der Waals surface area contributed by atoms with Gasteiger partial charge in [-0.2, -0.15) is 5.26 Å². The number of hydrogen-bond acceptors (Lipinski definition) is 4. The highest BCUT2D eigenvalue weighted by Gasteiger charge is 2.73. The van der Waals surface area contributed by atoms with E-state index in [2.05, 4.69) is 19.9 Å². The Bertz CT molecular complexity index is 779. The predicted octanol–water partition coefficient (Wildman–Crippen LogP) is 4.54. The second-order valence-electron chi connectivity index (χ2n) is 10.6. The molecule has 1 saturated heterocycles. The Hall–Kier alpha value is -1.18. The normalized spacial score (nSPS) is 52.9. The Morgan fingerprint density at radius 3 is 2.63 bits per heavy atom. The van der Waals surface area contributed by atoms with Crippen LogP contribution in [0.15, 0.2) is 11.6 Å². The van der Waals surface area contributed by atoms with Gasteiger partial charge < -0.3 is 9.47 Å². The Balaban J connectivity index is 1.52. The molecular weight excluding hydrogens is 338 g/mol. The van der Waals surface area contributed by atoms with E-state index in [9.17, 15) is 10.1 Å². The Labute approximate surface area is 162 Å². The molecule has 4 fully saturated rings. The highest BCUT2D eigenvalue weighted by Crippen LogP contribution is 2.70. The van der Waals surface area contributed by atoms with Crippen LogP contribution in [0.4, 0.5) is 0 Å². The van der Waals surface area contributed by atoms with Crippen molar-refractivity contribution >= 4 is 5.78 Å². The number of ketones is 1. The molecule has 4 nitrogen and oxygen atoms in total. The molecule has 0 amide bonds. The predicted molar refractivity (Wildman–Crippen MR) is 100 cm³/mol. The lowest BCUT2D eigenvalue weighted by Gasteiger charge is -2.58. The third-order valence-electron chi connectivity index (χ3n) is 9.12. The summed E-state index contributed by atoms with van der Waals surface area (Å²) in [6.07, 6.45) is 8.77. The van der Waals surface area contributed by atoms with Gasteiger partial charge in [-0.15, -0.1) is 0 Å². The quantitative estimate of drug-likeness (QED) is 0.629. The van der Waals surface area contributed by atoms with Crippen LogP contribution in [-0.4, -0.2) is 23.3 Å². The lowest BCUT2D eigenvalue weighted by molar-refractivity contribution is -0.200. The maximum Gasteiger partial charge on any atom is 0.189 e. The number of nitriles is 1. The maximum absolute atomic E-state index is 12.0. The van der Waals surface area contributed by atoms with E-state index in [-0.39, 0.29) is 16.9 Å². The molecule has 0 aromatic heterocycles. The fourth-order valence-corrected chi connectivity index (χ4v) is 7.83. The van der Waals surface area contributed by atoms with Crippen LogP contribution in [0.2, 0.25) is 0 Å². The molecule has 0 aromatic rings. The van der Waals surface area contributed by atoms with Crippen LogP contribution in [-0.2, 0) is 14.3 Å². The molecular formula is C23H31NO3. The van der Waals surface area contributed by atoms with Crippen molar-refractivity contribution in [3.63, 3.8) is 0 Å². The second kappa shape index (κ2) is 5.24. The highest BCUT2D eigenvalue weighted by molar-refractivity contribution is 5.91. The number of fused-ring (bicyclic) bond motifs is 7. The molecule has 5 aliphatic rings. The van der Waals surface area contributed by atoms with Gasteiger partial charge in [-0.1, -0.05) is 19.4 Å². The van der Waals surface area contributed by atoms with Crippen LogP contribution in [0.1, 0.15) is 72.6 Å². The Morgan fingerprint density at radius 1 is 1.11 bits per heavy atom. The van der Waals surface area contributed by atoms with Gasteiger partial charge in [0.15, 0.2) is 17.2 Å². The molecule has 5 rings (SSSR count). The standard InChI is InChI=1S/C23H31NO3/c1-20(2)26-19-12-18-16-6-5-14-11-15(25)7-9-21(14,3)17(16)8-10-22(18,4)23(19,13-24)27-20/h11,16-19H,5-10,12H2,1-4H3/t16-,17+,18+,19-,21+,22+,23-/m1/s1. The number of carbonyl (C=O) groups is 1. The first-order valence-corrected chi connectivity index (χ1v) is 10.7. The van der Waals surface area contributed by atoms with Gasteiger partial charge in [-0.05, 0) is 81.6 Å². The average molecular weight is 370 g/mol. The van der Waals surface area contributed by atoms with E-state index < -0.39 is 11.4 Å². The summed E-state index contributed by atoms with van der Waals surface area (Å²) in [5.74, 6) is 1.32. The smallest absolute Gasteiger partial charge is 0.189 e. The van der Waals surface area contributed by atoms with Crippen LogP contribution in [0, 0.1) is 39.9 Å². The highest BCUT2D eigenvalue weighted by atomic mass is 16.8. The molecule has 27 heavy (non-hydrogen) atoms. The summed E-state index contributed by atoms with van der Waals surface area (Å²) >= 11 is 0. The van der Waals surface area contributed by atoms with Crippen molar-refractivity contribution in [2.24, 2.45) is 28.6 Å². The van der Waals surface area contributed by atoms with Crippen molar-refractivity contribution in [1.82, 2.24) is 0 Å². The number of allylic oxidation sites excluding steroid dienone is 1. The van der Waals surface area contributed by atoms with E-state index in [0.717, 1.165) is 38.5 Å². The molecule has 0 bridgehead atoms. The number of rotatable bonds is 0. The minimum Gasteiger partial charge on any atom is -0.343 e. The van der Waals surface area contributed by atoms with Crippen molar-refractivity contribution in [2.75, 3.05) is 0 Å². The summed E-state index contributed by atoms with van der Waals surface area (Å²) in [5, 5.41) is 10.2. The van der Waals surface area contributed by atoms with Gasteiger partial charge in [-0.3, -0.25) is 4.79 Å². The van der Waals surface area contributed by atoms with Crippen molar-refractivity contribution in [2.45, 2.75) is 90.1 Å². The SMILES string of the molecule is CC1(C)O[C@@H]2C[C@H]3[C@@H]4CCC5=CC(=O)CC[C@]5(C)[C@H]4CC[C@]3(C)[C@]2(C#N)O1. The van der Waals surface area contributed by atoms with Gasteiger partial charge in [0, 0.05) is 11.8 Å². The zero-order valence-electron chi connectivity index (χ0n) is 17.0. The molecule has 0 N–H and O–H groups in total. The Morgan fingerprint density at radius 2 is 1.89 bits per heavy atom. The number of nitrogens with zero attached hydrogens (tertiary/aromatic N) is 1. The van der Waals surface area contributed by atoms with Gasteiger partial charge in [0.2, 0.25) is 0 Å². The molecule has 3 saturated carbocycles. The zero-order chi connectivity index (χ0) is 19.2. The van der Waals surface area contributed by atoms with Crippen molar-refractivity contribution < 1.29 is 14.3 Å². The molecule has 0 unspecified atom stereocenters. The molecule has 1 heterocycles. The van der Waals surface area contributed by atoms with E-state index in [1.807, 2.05) is 19.9 Å². The molecule has 146 valence electrons. The first-order chi connectivity index (χ1) is 12.7. The van der Waals surface area contributed by atoms with E-state index in [1.54, 1.807) is 0 Å². The van der Waals surface area contributed by atoms with Crippen molar-refractivity contribution in [3.05, 3.63) is 11.6 Å². The van der Waals surface area contributed by atoms with Crippen LogP contribution in [0.3, 0.4) is 0 Å². The van der Waals surface area contributed by atoms with E-state index in [1.165, 1.54) is 5.57 Å². The number of hydrogen-bond donors (Lipinski definition) is 0.